The number of hydrogen-bond acceptors (Lipinski definition) is 5. The van der Waals surface area contributed by atoms with Gasteiger partial charge in [-0.1, -0.05) is 11.6 Å². The van der Waals surface area contributed by atoms with Crippen LogP contribution in [0.1, 0.15) is 26.3 Å². The van der Waals surface area contributed by atoms with E-state index in [1.165, 1.54) is 0 Å². The van der Waals surface area contributed by atoms with E-state index in [4.69, 9.17) is 32.7 Å². The number of hydrogen-bond donors (Lipinski definition) is 2. The molecule has 1 unspecified atom stereocenters. The highest BCUT2D eigenvalue weighted by molar-refractivity contribution is 6.35. The minimum absolute atomic E-state index is 0.0873. The standard InChI is InChI=1S/C12H14Cl2N4O3/c1-12(2)20-7-4(3-5(19)8(7)21-12)18-10-6(17-18)9(13)15-11(14)16-10/h4-5,7-8,17,19H,3H2,1-2H3/t4?,5-,7-,8+/m0/s1. The molecule has 0 radical (unpaired) electrons. The second-order valence-corrected chi connectivity index (χ2v) is 6.60. The van der Waals surface area contributed by atoms with Gasteiger partial charge in [0.2, 0.25) is 5.28 Å². The number of aliphatic hydroxyl groups excluding tert-OH is 1. The SMILES string of the molecule is CC1(C)O[C@@H]2[C@@H](O)CC(n3[nH]c4c(Cl)nc(Cl)nc43)[C@@H]2O1. The number of halogens is 2. The first-order valence-electron chi connectivity index (χ1n) is 6.68. The molecular weight excluding hydrogens is 319 g/mol. The molecule has 1 saturated carbocycles. The Balaban J connectivity index is 1.73. The molecule has 9 heteroatoms. The number of fused-ring (bicyclic) bond motifs is 2. The van der Waals surface area contributed by atoms with Gasteiger partial charge in [0.1, 0.15) is 17.7 Å². The van der Waals surface area contributed by atoms with E-state index in [2.05, 4.69) is 15.1 Å². The van der Waals surface area contributed by atoms with Crippen molar-refractivity contribution in [3.63, 3.8) is 0 Å². The van der Waals surface area contributed by atoms with Crippen molar-refractivity contribution in [3.05, 3.63) is 10.4 Å². The van der Waals surface area contributed by atoms with E-state index in [0.717, 1.165) is 0 Å². The highest BCUT2D eigenvalue weighted by Crippen LogP contribution is 2.45. The number of nitrogens with zero attached hydrogens (tertiary/aromatic N) is 3. The van der Waals surface area contributed by atoms with Gasteiger partial charge in [-0.3, -0.25) is 9.78 Å². The number of H-pyrrole nitrogens is 1. The molecule has 3 heterocycles. The van der Waals surface area contributed by atoms with Crippen molar-refractivity contribution >= 4 is 34.4 Å². The van der Waals surface area contributed by atoms with Gasteiger partial charge in [-0.2, -0.15) is 4.98 Å². The van der Waals surface area contributed by atoms with Crippen molar-refractivity contribution in [2.45, 2.75) is 50.4 Å². The number of ether oxygens (including phenoxy) is 2. The molecule has 0 bridgehead atoms. The fourth-order valence-corrected chi connectivity index (χ4v) is 3.62. The van der Waals surface area contributed by atoms with E-state index < -0.39 is 11.9 Å². The molecule has 2 aromatic rings. The second kappa shape index (κ2) is 4.33. The third-order valence-corrected chi connectivity index (χ3v) is 4.46. The summed E-state index contributed by atoms with van der Waals surface area (Å²) in [4.78, 5) is 8.05. The van der Waals surface area contributed by atoms with Gasteiger partial charge in [-0.05, 0) is 25.4 Å². The Labute approximate surface area is 130 Å². The molecule has 114 valence electrons. The van der Waals surface area contributed by atoms with Crippen LogP contribution in [0.4, 0.5) is 0 Å². The highest BCUT2D eigenvalue weighted by atomic mass is 35.5. The maximum Gasteiger partial charge on any atom is 0.225 e. The third kappa shape index (κ3) is 1.99. The molecule has 0 aromatic carbocycles. The second-order valence-electron chi connectivity index (χ2n) is 5.90. The molecule has 0 spiro atoms. The normalized spacial score (nSPS) is 34.7. The van der Waals surface area contributed by atoms with Gasteiger partial charge in [0, 0.05) is 6.42 Å². The van der Waals surface area contributed by atoms with Gasteiger partial charge < -0.3 is 14.6 Å². The summed E-state index contributed by atoms with van der Waals surface area (Å²) in [6.45, 7) is 3.67. The quantitative estimate of drug-likeness (QED) is 0.615. The van der Waals surface area contributed by atoms with Gasteiger partial charge in [0.15, 0.2) is 16.6 Å². The lowest BCUT2D eigenvalue weighted by atomic mass is 10.2. The molecule has 2 aliphatic rings. The van der Waals surface area contributed by atoms with Crippen LogP contribution in [-0.4, -0.2) is 49.0 Å². The average molecular weight is 333 g/mol. The third-order valence-electron chi connectivity index (χ3n) is 4.02. The summed E-state index contributed by atoms with van der Waals surface area (Å²) < 4.78 is 13.5. The van der Waals surface area contributed by atoms with Crippen LogP contribution in [0.3, 0.4) is 0 Å². The first-order chi connectivity index (χ1) is 9.85. The zero-order chi connectivity index (χ0) is 14.9. The van der Waals surface area contributed by atoms with E-state index in [1.54, 1.807) is 0 Å². The summed E-state index contributed by atoms with van der Waals surface area (Å²) in [6.07, 6.45) is -0.663. The van der Waals surface area contributed by atoms with Crippen molar-refractivity contribution in [2.75, 3.05) is 0 Å². The van der Waals surface area contributed by atoms with E-state index >= 15 is 0 Å². The van der Waals surface area contributed by atoms with Gasteiger partial charge in [0.05, 0.1) is 12.1 Å². The topological polar surface area (TPSA) is 85.2 Å². The van der Waals surface area contributed by atoms with Crippen LogP contribution in [0, 0.1) is 0 Å². The van der Waals surface area contributed by atoms with E-state index in [1.807, 2.05) is 18.5 Å². The zero-order valence-electron chi connectivity index (χ0n) is 11.4. The maximum absolute atomic E-state index is 10.2. The number of aliphatic hydroxyl groups is 1. The van der Waals surface area contributed by atoms with Crippen LogP contribution in [0.2, 0.25) is 10.4 Å². The summed E-state index contributed by atoms with van der Waals surface area (Å²) in [5.41, 5.74) is 1.25. The van der Waals surface area contributed by atoms with E-state index in [-0.39, 0.29) is 28.7 Å². The summed E-state index contributed by atoms with van der Waals surface area (Å²) in [6, 6.07) is -0.110. The molecular formula is C12H14Cl2N4O3. The zero-order valence-corrected chi connectivity index (χ0v) is 12.9. The number of nitrogens with one attached hydrogen (secondary N) is 1. The molecule has 0 amide bonds. The summed E-state index contributed by atoms with van der Waals surface area (Å²) in [5, 5.41) is 13.6. The van der Waals surface area contributed by atoms with Crippen molar-refractivity contribution in [3.8, 4) is 0 Å². The number of aromatic amines is 1. The van der Waals surface area contributed by atoms with Gasteiger partial charge in [0.25, 0.3) is 0 Å². The summed E-state index contributed by atoms with van der Waals surface area (Å²) in [7, 11) is 0. The molecule has 1 aliphatic carbocycles. The lowest BCUT2D eigenvalue weighted by Gasteiger charge is -2.27. The first-order valence-corrected chi connectivity index (χ1v) is 7.44. The lowest BCUT2D eigenvalue weighted by Crippen LogP contribution is -2.31. The first kappa shape index (κ1) is 13.8. The predicted molar refractivity (Wildman–Crippen MR) is 75.4 cm³/mol. The molecule has 4 atom stereocenters. The number of aromatic nitrogens is 4. The van der Waals surface area contributed by atoms with E-state index in [0.29, 0.717) is 17.6 Å². The molecule has 1 aliphatic heterocycles. The van der Waals surface area contributed by atoms with Crippen LogP contribution in [-0.2, 0) is 9.47 Å². The average Bonchev–Trinajstić information content (AvgIpc) is 2.80. The van der Waals surface area contributed by atoms with Crippen molar-refractivity contribution in [2.24, 2.45) is 0 Å². The monoisotopic (exact) mass is 332 g/mol. The Kier molecular flexibility index (Phi) is 2.84. The molecule has 2 N–H and O–H groups in total. The molecule has 4 rings (SSSR count). The largest absolute Gasteiger partial charge is 0.390 e. The Morgan fingerprint density at radius 1 is 1.29 bits per heavy atom. The molecule has 2 fully saturated rings. The van der Waals surface area contributed by atoms with Gasteiger partial charge >= 0.3 is 0 Å². The van der Waals surface area contributed by atoms with Gasteiger partial charge in [-0.25, -0.2) is 4.98 Å². The molecule has 1 saturated heterocycles. The maximum atomic E-state index is 10.2. The van der Waals surface area contributed by atoms with Crippen LogP contribution in [0.15, 0.2) is 0 Å². The van der Waals surface area contributed by atoms with Crippen LogP contribution in [0.5, 0.6) is 0 Å². The van der Waals surface area contributed by atoms with Crippen LogP contribution >= 0.6 is 23.2 Å². The van der Waals surface area contributed by atoms with Crippen molar-refractivity contribution < 1.29 is 14.6 Å². The Morgan fingerprint density at radius 2 is 2.00 bits per heavy atom. The fraction of sp³-hybridized carbons (Fsp3) is 0.667. The number of rotatable bonds is 1. The smallest absolute Gasteiger partial charge is 0.225 e. The Morgan fingerprint density at radius 3 is 2.76 bits per heavy atom. The fourth-order valence-electron chi connectivity index (χ4n) is 3.21. The highest BCUT2D eigenvalue weighted by Gasteiger charge is 2.55. The molecule has 21 heavy (non-hydrogen) atoms. The Hall–Kier alpha value is -0.860. The summed E-state index contributed by atoms with van der Waals surface area (Å²) >= 11 is 11.8. The van der Waals surface area contributed by atoms with Crippen LogP contribution < -0.4 is 0 Å². The Bertz CT molecular complexity index is 713. The van der Waals surface area contributed by atoms with Crippen molar-refractivity contribution in [1.82, 2.24) is 19.7 Å². The molecule has 7 nitrogen and oxygen atoms in total. The summed E-state index contributed by atoms with van der Waals surface area (Å²) in [5.74, 6) is -0.705. The van der Waals surface area contributed by atoms with Crippen LogP contribution in [0.25, 0.3) is 11.2 Å². The van der Waals surface area contributed by atoms with E-state index in [9.17, 15) is 5.11 Å². The minimum Gasteiger partial charge on any atom is -0.390 e. The van der Waals surface area contributed by atoms with Gasteiger partial charge in [-0.15, -0.1) is 0 Å². The predicted octanol–water partition coefficient (Wildman–Crippen LogP) is 1.89. The molecule has 2 aromatic heterocycles. The lowest BCUT2D eigenvalue weighted by molar-refractivity contribution is -0.166. The minimum atomic E-state index is -0.705. The van der Waals surface area contributed by atoms with Crippen molar-refractivity contribution in [1.29, 1.82) is 0 Å².